The molecule has 0 aromatic heterocycles. The second-order valence-electron chi connectivity index (χ2n) is 3.07. The zero-order valence-corrected chi connectivity index (χ0v) is 12.0. The topological polar surface area (TPSA) is 69.4 Å². The number of benzene rings is 1. The molecule has 0 saturated heterocycles. The van der Waals surface area contributed by atoms with Crippen LogP contribution in [0.3, 0.4) is 0 Å². The van der Waals surface area contributed by atoms with Gasteiger partial charge >= 0.3 is 5.97 Å². The lowest BCUT2D eigenvalue weighted by Gasteiger charge is -2.04. The Kier molecular flexibility index (Phi) is 4.89. The third-order valence-electron chi connectivity index (χ3n) is 1.94. The molecule has 1 aromatic carbocycles. The summed E-state index contributed by atoms with van der Waals surface area (Å²) in [6, 6.07) is 3.17. The lowest BCUT2D eigenvalue weighted by Crippen LogP contribution is -2.00. The molecule has 17 heavy (non-hydrogen) atoms. The average Bonchev–Trinajstić information content (AvgIpc) is 2.31. The Hall–Kier alpha value is -1.14. The number of carbonyl (C=O) groups excluding carboxylic acids is 2. The van der Waals surface area contributed by atoms with E-state index in [9.17, 15) is 9.59 Å². The minimum Gasteiger partial charge on any atom is -0.466 e. The molecule has 0 spiro atoms. The molecule has 0 atom stereocenters. The third-order valence-corrected chi connectivity index (χ3v) is 3.25. The molecule has 90 valence electrons. The normalized spacial score (nSPS) is 10.5. The number of ketones is 1. The van der Waals surface area contributed by atoms with Gasteiger partial charge in [0, 0.05) is 20.6 Å². The van der Waals surface area contributed by atoms with Crippen molar-refractivity contribution in [3.05, 3.63) is 38.8 Å². The van der Waals surface area contributed by atoms with Crippen LogP contribution in [0, 0.1) is 0 Å². The van der Waals surface area contributed by atoms with Gasteiger partial charge < -0.3 is 10.5 Å². The number of hydrogen-bond donors (Lipinski definition) is 1. The second-order valence-corrected chi connectivity index (χ2v) is 4.78. The number of carbonyl (C=O) groups is 2. The van der Waals surface area contributed by atoms with E-state index in [0.29, 0.717) is 20.2 Å². The minimum absolute atomic E-state index is 0.309. The number of allylic oxidation sites excluding steroid dienone is 1. The SMILES string of the molecule is COC(=O)/C=C/C(=O)c1cc(Br)c(N)c(Br)c1. The summed E-state index contributed by atoms with van der Waals surface area (Å²) in [5.41, 5.74) is 6.62. The zero-order valence-electron chi connectivity index (χ0n) is 8.87. The molecule has 0 amide bonds. The fourth-order valence-corrected chi connectivity index (χ4v) is 2.22. The molecule has 1 rings (SSSR count). The number of hydrogen-bond acceptors (Lipinski definition) is 4. The molecule has 1 aromatic rings. The second kappa shape index (κ2) is 5.97. The van der Waals surface area contributed by atoms with Gasteiger partial charge in [-0.15, -0.1) is 0 Å². The molecule has 2 N–H and O–H groups in total. The number of nitrogens with two attached hydrogens (primary N) is 1. The maximum absolute atomic E-state index is 11.7. The summed E-state index contributed by atoms with van der Waals surface area (Å²) in [5.74, 6) is -0.885. The van der Waals surface area contributed by atoms with Gasteiger partial charge in [0.05, 0.1) is 12.8 Å². The molecular weight excluding hydrogens is 354 g/mol. The zero-order chi connectivity index (χ0) is 13.0. The summed E-state index contributed by atoms with van der Waals surface area (Å²) in [4.78, 5) is 22.5. The third kappa shape index (κ3) is 3.67. The van der Waals surface area contributed by atoms with Crippen LogP contribution in [0.25, 0.3) is 0 Å². The van der Waals surface area contributed by atoms with Gasteiger partial charge in [-0.05, 0) is 50.1 Å². The van der Waals surface area contributed by atoms with Crippen molar-refractivity contribution in [3.8, 4) is 0 Å². The Bertz CT molecular complexity index is 474. The average molecular weight is 363 g/mol. The fourth-order valence-electron chi connectivity index (χ4n) is 1.03. The number of ether oxygens (including phenoxy) is 1. The molecule has 6 heteroatoms. The molecule has 4 nitrogen and oxygen atoms in total. The van der Waals surface area contributed by atoms with Gasteiger partial charge in [0.1, 0.15) is 0 Å². The lowest BCUT2D eigenvalue weighted by molar-refractivity contribution is -0.134. The highest BCUT2D eigenvalue weighted by Crippen LogP contribution is 2.29. The molecule has 0 aliphatic heterocycles. The monoisotopic (exact) mass is 361 g/mol. The van der Waals surface area contributed by atoms with Crippen molar-refractivity contribution < 1.29 is 14.3 Å². The maximum Gasteiger partial charge on any atom is 0.330 e. The van der Waals surface area contributed by atoms with Gasteiger partial charge in [-0.2, -0.15) is 0 Å². The minimum atomic E-state index is -0.577. The number of anilines is 1. The van der Waals surface area contributed by atoms with Gasteiger partial charge in [0.15, 0.2) is 5.78 Å². The van der Waals surface area contributed by atoms with E-state index in [1.165, 1.54) is 7.11 Å². The van der Waals surface area contributed by atoms with E-state index in [2.05, 4.69) is 36.6 Å². The van der Waals surface area contributed by atoms with Crippen LogP contribution in [0.1, 0.15) is 10.4 Å². The van der Waals surface area contributed by atoms with Crippen LogP contribution in [-0.4, -0.2) is 18.9 Å². The van der Waals surface area contributed by atoms with Crippen molar-refractivity contribution in [2.24, 2.45) is 0 Å². The lowest BCUT2D eigenvalue weighted by atomic mass is 10.1. The Morgan fingerprint density at radius 1 is 1.24 bits per heavy atom. The number of methoxy groups -OCH3 is 1. The largest absolute Gasteiger partial charge is 0.466 e. The molecule has 0 bridgehead atoms. The summed E-state index contributed by atoms with van der Waals surface area (Å²) in [6.45, 7) is 0. The predicted octanol–water partition coefficient (Wildman–Crippen LogP) is 2.71. The van der Waals surface area contributed by atoms with Crippen LogP contribution in [0.2, 0.25) is 0 Å². The molecular formula is C11H9Br2NO3. The molecule has 0 aliphatic carbocycles. The first-order valence-electron chi connectivity index (χ1n) is 4.50. The Morgan fingerprint density at radius 2 is 1.76 bits per heavy atom. The standard InChI is InChI=1S/C11H9Br2NO3/c1-17-10(16)3-2-9(15)6-4-7(12)11(14)8(13)5-6/h2-5H,14H2,1H3/b3-2+. The van der Waals surface area contributed by atoms with Crippen molar-refractivity contribution >= 4 is 49.3 Å². The summed E-state index contributed by atoms with van der Waals surface area (Å²) in [5, 5.41) is 0. The summed E-state index contributed by atoms with van der Waals surface area (Å²) >= 11 is 6.47. The molecule has 0 heterocycles. The van der Waals surface area contributed by atoms with Crippen LogP contribution >= 0.6 is 31.9 Å². The molecule has 0 radical (unpaired) electrons. The van der Waals surface area contributed by atoms with Crippen molar-refractivity contribution in [2.45, 2.75) is 0 Å². The van der Waals surface area contributed by atoms with Crippen molar-refractivity contribution in [1.29, 1.82) is 0 Å². The molecule has 0 saturated carbocycles. The van der Waals surface area contributed by atoms with Crippen LogP contribution < -0.4 is 5.73 Å². The van der Waals surface area contributed by atoms with Crippen LogP contribution in [0.15, 0.2) is 33.2 Å². The van der Waals surface area contributed by atoms with Gasteiger partial charge in [-0.25, -0.2) is 4.79 Å². The Balaban J connectivity index is 2.98. The Labute approximate surface area is 115 Å². The van der Waals surface area contributed by atoms with Gasteiger partial charge in [0.2, 0.25) is 0 Å². The van der Waals surface area contributed by atoms with E-state index < -0.39 is 5.97 Å². The number of halogens is 2. The quantitative estimate of drug-likeness (QED) is 0.388. The van der Waals surface area contributed by atoms with E-state index in [1.54, 1.807) is 12.1 Å². The van der Waals surface area contributed by atoms with E-state index in [-0.39, 0.29) is 5.78 Å². The van der Waals surface area contributed by atoms with Crippen molar-refractivity contribution in [2.75, 3.05) is 12.8 Å². The summed E-state index contributed by atoms with van der Waals surface area (Å²) in [6.07, 6.45) is 2.22. The molecule has 0 fully saturated rings. The highest BCUT2D eigenvalue weighted by atomic mass is 79.9. The smallest absolute Gasteiger partial charge is 0.330 e. The number of esters is 1. The van der Waals surface area contributed by atoms with Crippen molar-refractivity contribution in [1.82, 2.24) is 0 Å². The first-order valence-corrected chi connectivity index (χ1v) is 6.09. The summed E-state index contributed by atoms with van der Waals surface area (Å²) < 4.78 is 5.61. The maximum atomic E-state index is 11.7. The first kappa shape index (κ1) is 13.9. The first-order chi connectivity index (χ1) is 7.95. The van der Waals surface area contributed by atoms with Crippen LogP contribution in [-0.2, 0) is 9.53 Å². The van der Waals surface area contributed by atoms with Crippen LogP contribution in [0.5, 0.6) is 0 Å². The van der Waals surface area contributed by atoms with E-state index in [4.69, 9.17) is 5.73 Å². The van der Waals surface area contributed by atoms with Gasteiger partial charge in [0.25, 0.3) is 0 Å². The molecule has 0 unspecified atom stereocenters. The van der Waals surface area contributed by atoms with Gasteiger partial charge in [-0.1, -0.05) is 0 Å². The fraction of sp³-hybridized carbons (Fsp3) is 0.0909. The van der Waals surface area contributed by atoms with E-state index >= 15 is 0 Å². The van der Waals surface area contributed by atoms with E-state index in [0.717, 1.165) is 12.2 Å². The highest BCUT2D eigenvalue weighted by molar-refractivity contribution is 9.11. The molecule has 0 aliphatic rings. The predicted molar refractivity (Wildman–Crippen MR) is 71.7 cm³/mol. The van der Waals surface area contributed by atoms with E-state index in [1.807, 2.05) is 0 Å². The highest BCUT2D eigenvalue weighted by Gasteiger charge is 2.09. The number of rotatable bonds is 3. The van der Waals surface area contributed by atoms with Crippen LogP contribution in [0.4, 0.5) is 5.69 Å². The van der Waals surface area contributed by atoms with Gasteiger partial charge in [-0.3, -0.25) is 4.79 Å². The Morgan fingerprint density at radius 3 is 2.24 bits per heavy atom. The summed E-state index contributed by atoms with van der Waals surface area (Å²) in [7, 11) is 1.24. The van der Waals surface area contributed by atoms with Crippen molar-refractivity contribution in [3.63, 3.8) is 0 Å². The number of nitrogen functional groups attached to an aromatic ring is 1.